The molecule has 0 saturated carbocycles. The molecule has 0 amide bonds. The molecule has 76 valence electrons. The summed E-state index contributed by atoms with van der Waals surface area (Å²) in [5.41, 5.74) is 1.17. The third-order valence-corrected chi connectivity index (χ3v) is 2.72. The quantitative estimate of drug-likeness (QED) is 0.746. The predicted octanol–water partition coefficient (Wildman–Crippen LogP) is 1.44. The molecule has 3 heteroatoms. The standard InChI is InChI=1S/C11H15NO2/c1-14-10-6-7-12-11(10)8-2-4-9(13)5-3-8/h2-5,10-13H,6-7H2,1H3. The molecule has 0 aliphatic carbocycles. The molecule has 2 unspecified atom stereocenters. The zero-order valence-corrected chi connectivity index (χ0v) is 8.23. The molecule has 1 aliphatic rings. The topological polar surface area (TPSA) is 41.5 Å². The van der Waals surface area contributed by atoms with Crippen LogP contribution in [0.1, 0.15) is 18.0 Å². The smallest absolute Gasteiger partial charge is 0.115 e. The number of phenols is 1. The van der Waals surface area contributed by atoms with E-state index in [2.05, 4.69) is 5.32 Å². The average Bonchev–Trinajstić information content (AvgIpc) is 2.67. The first-order valence-electron chi connectivity index (χ1n) is 4.86. The Morgan fingerprint density at radius 1 is 1.36 bits per heavy atom. The summed E-state index contributed by atoms with van der Waals surface area (Å²) in [5, 5.41) is 12.6. The summed E-state index contributed by atoms with van der Waals surface area (Å²) < 4.78 is 5.38. The van der Waals surface area contributed by atoms with E-state index in [-0.39, 0.29) is 12.1 Å². The first-order chi connectivity index (χ1) is 6.81. The van der Waals surface area contributed by atoms with Gasteiger partial charge in [0.1, 0.15) is 5.75 Å². The second-order valence-electron chi connectivity index (χ2n) is 3.59. The highest BCUT2D eigenvalue weighted by Gasteiger charge is 2.27. The Labute approximate surface area is 83.7 Å². The van der Waals surface area contributed by atoms with Crippen LogP contribution in [0, 0.1) is 0 Å². The molecular formula is C11H15NO2. The molecule has 1 saturated heterocycles. The molecule has 1 fully saturated rings. The molecule has 0 radical (unpaired) electrons. The van der Waals surface area contributed by atoms with Crippen molar-refractivity contribution in [2.75, 3.05) is 13.7 Å². The maximum absolute atomic E-state index is 9.17. The summed E-state index contributed by atoms with van der Waals surface area (Å²) in [6.07, 6.45) is 1.29. The minimum Gasteiger partial charge on any atom is -0.508 e. The summed E-state index contributed by atoms with van der Waals surface area (Å²) in [7, 11) is 1.74. The first-order valence-corrected chi connectivity index (χ1v) is 4.86. The minimum absolute atomic E-state index is 0.250. The van der Waals surface area contributed by atoms with Crippen molar-refractivity contribution in [2.45, 2.75) is 18.6 Å². The molecule has 0 bridgehead atoms. The Hall–Kier alpha value is -1.06. The lowest BCUT2D eigenvalue weighted by Gasteiger charge is -2.18. The Bertz CT molecular complexity index is 297. The fraction of sp³-hybridized carbons (Fsp3) is 0.455. The fourth-order valence-corrected chi connectivity index (χ4v) is 1.95. The SMILES string of the molecule is COC1CCNC1c1ccc(O)cc1. The number of hydrogen-bond donors (Lipinski definition) is 2. The summed E-state index contributed by atoms with van der Waals surface area (Å²) >= 11 is 0. The highest BCUT2D eigenvalue weighted by Crippen LogP contribution is 2.26. The van der Waals surface area contributed by atoms with Gasteiger partial charge in [0.25, 0.3) is 0 Å². The average molecular weight is 193 g/mol. The second-order valence-corrected chi connectivity index (χ2v) is 3.59. The summed E-state index contributed by atoms with van der Waals surface area (Å²) in [5.74, 6) is 0.306. The molecule has 1 heterocycles. The maximum atomic E-state index is 9.17. The van der Waals surface area contributed by atoms with Gasteiger partial charge in [-0.15, -0.1) is 0 Å². The molecule has 0 spiro atoms. The van der Waals surface area contributed by atoms with E-state index in [1.165, 1.54) is 5.56 Å². The monoisotopic (exact) mass is 193 g/mol. The molecule has 1 aromatic rings. The van der Waals surface area contributed by atoms with Crippen molar-refractivity contribution in [3.8, 4) is 5.75 Å². The van der Waals surface area contributed by atoms with E-state index < -0.39 is 0 Å². The van der Waals surface area contributed by atoms with Gasteiger partial charge in [0.2, 0.25) is 0 Å². The molecule has 2 N–H and O–H groups in total. The van der Waals surface area contributed by atoms with E-state index in [0.29, 0.717) is 5.75 Å². The van der Waals surface area contributed by atoms with Gasteiger partial charge >= 0.3 is 0 Å². The van der Waals surface area contributed by atoms with Crippen LogP contribution in [0.5, 0.6) is 5.75 Å². The normalized spacial score (nSPS) is 26.6. The maximum Gasteiger partial charge on any atom is 0.115 e. The van der Waals surface area contributed by atoms with Gasteiger partial charge in [0.05, 0.1) is 12.1 Å². The van der Waals surface area contributed by atoms with Gasteiger partial charge < -0.3 is 15.2 Å². The van der Waals surface area contributed by atoms with Crippen molar-refractivity contribution < 1.29 is 9.84 Å². The lowest BCUT2D eigenvalue weighted by atomic mass is 10.0. The van der Waals surface area contributed by atoms with Gasteiger partial charge in [-0.1, -0.05) is 12.1 Å². The van der Waals surface area contributed by atoms with Crippen LogP contribution in [0.2, 0.25) is 0 Å². The lowest BCUT2D eigenvalue weighted by molar-refractivity contribution is 0.0920. The van der Waals surface area contributed by atoms with Gasteiger partial charge in [-0.2, -0.15) is 0 Å². The van der Waals surface area contributed by atoms with Gasteiger partial charge in [-0.3, -0.25) is 0 Å². The number of benzene rings is 1. The fourth-order valence-electron chi connectivity index (χ4n) is 1.95. The zero-order valence-electron chi connectivity index (χ0n) is 8.23. The zero-order chi connectivity index (χ0) is 9.97. The van der Waals surface area contributed by atoms with Crippen molar-refractivity contribution in [1.82, 2.24) is 5.32 Å². The van der Waals surface area contributed by atoms with Crippen molar-refractivity contribution in [3.63, 3.8) is 0 Å². The van der Waals surface area contributed by atoms with Crippen LogP contribution < -0.4 is 5.32 Å². The van der Waals surface area contributed by atoms with E-state index >= 15 is 0 Å². The van der Waals surface area contributed by atoms with Crippen LogP contribution in [-0.2, 0) is 4.74 Å². The van der Waals surface area contributed by atoms with Gasteiger partial charge in [-0.25, -0.2) is 0 Å². The van der Waals surface area contributed by atoms with Crippen LogP contribution >= 0.6 is 0 Å². The van der Waals surface area contributed by atoms with E-state index in [1.54, 1.807) is 19.2 Å². The Kier molecular flexibility index (Phi) is 2.70. The summed E-state index contributed by atoms with van der Waals surface area (Å²) in [4.78, 5) is 0. The minimum atomic E-state index is 0.250. The molecule has 1 aliphatic heterocycles. The molecule has 14 heavy (non-hydrogen) atoms. The predicted molar refractivity (Wildman–Crippen MR) is 54.3 cm³/mol. The Morgan fingerprint density at radius 2 is 2.07 bits per heavy atom. The summed E-state index contributed by atoms with van der Waals surface area (Å²) in [6, 6.07) is 7.55. The first kappa shape index (κ1) is 9.49. The van der Waals surface area contributed by atoms with Gasteiger partial charge in [0, 0.05) is 7.11 Å². The number of rotatable bonds is 2. The van der Waals surface area contributed by atoms with Crippen LogP contribution in [0.25, 0.3) is 0 Å². The Morgan fingerprint density at radius 3 is 2.71 bits per heavy atom. The third-order valence-electron chi connectivity index (χ3n) is 2.72. The number of phenolic OH excluding ortho intramolecular Hbond substituents is 1. The van der Waals surface area contributed by atoms with Crippen LogP contribution in [0.15, 0.2) is 24.3 Å². The number of hydrogen-bond acceptors (Lipinski definition) is 3. The number of ether oxygens (including phenoxy) is 1. The van der Waals surface area contributed by atoms with Gasteiger partial charge in [0.15, 0.2) is 0 Å². The molecule has 1 aromatic carbocycles. The van der Waals surface area contributed by atoms with E-state index in [1.807, 2.05) is 12.1 Å². The van der Waals surface area contributed by atoms with E-state index in [0.717, 1.165) is 13.0 Å². The van der Waals surface area contributed by atoms with Crippen LogP contribution in [0.3, 0.4) is 0 Å². The number of aromatic hydroxyl groups is 1. The molecule has 0 aromatic heterocycles. The highest BCUT2D eigenvalue weighted by molar-refractivity contribution is 5.29. The van der Waals surface area contributed by atoms with Crippen LogP contribution in [0.4, 0.5) is 0 Å². The van der Waals surface area contributed by atoms with Gasteiger partial charge in [-0.05, 0) is 30.7 Å². The van der Waals surface area contributed by atoms with Crippen molar-refractivity contribution in [1.29, 1.82) is 0 Å². The number of nitrogens with one attached hydrogen (secondary N) is 1. The van der Waals surface area contributed by atoms with Crippen molar-refractivity contribution in [2.24, 2.45) is 0 Å². The van der Waals surface area contributed by atoms with E-state index in [4.69, 9.17) is 4.74 Å². The number of methoxy groups -OCH3 is 1. The van der Waals surface area contributed by atoms with Crippen LogP contribution in [-0.4, -0.2) is 24.9 Å². The van der Waals surface area contributed by atoms with E-state index in [9.17, 15) is 5.11 Å². The molecule has 2 atom stereocenters. The third kappa shape index (κ3) is 1.74. The largest absolute Gasteiger partial charge is 0.508 e. The molecule has 2 rings (SSSR count). The highest BCUT2D eigenvalue weighted by atomic mass is 16.5. The van der Waals surface area contributed by atoms with Crippen molar-refractivity contribution in [3.05, 3.63) is 29.8 Å². The Balaban J connectivity index is 2.17. The summed E-state index contributed by atoms with van der Waals surface area (Å²) in [6.45, 7) is 0.990. The molecular weight excluding hydrogens is 178 g/mol. The second kappa shape index (κ2) is 3.98. The molecule has 3 nitrogen and oxygen atoms in total. The lowest BCUT2D eigenvalue weighted by Crippen LogP contribution is -2.22. The van der Waals surface area contributed by atoms with Crippen molar-refractivity contribution >= 4 is 0 Å².